The summed E-state index contributed by atoms with van der Waals surface area (Å²) < 4.78 is 10.3. The van der Waals surface area contributed by atoms with Crippen LogP contribution in [0.1, 0.15) is 39.0 Å². The smallest absolute Gasteiger partial charge is 0.303 e. The van der Waals surface area contributed by atoms with Crippen molar-refractivity contribution in [2.24, 2.45) is 0 Å². The molecular weight excluding hydrogens is 338 g/mol. The number of carboxylic acids is 1. The molecule has 2 rings (SSSR count). The van der Waals surface area contributed by atoms with Gasteiger partial charge in [-0.25, -0.2) is 0 Å². The number of ether oxygens (including phenoxy) is 1. The van der Waals surface area contributed by atoms with Crippen LogP contribution in [0.25, 0.3) is 11.4 Å². The molecule has 2 N–H and O–H groups in total. The van der Waals surface area contributed by atoms with E-state index in [0.717, 1.165) is 11.3 Å². The number of carbonyl (C=O) groups is 2. The molecule has 0 saturated carbocycles. The Morgan fingerprint density at radius 3 is 2.54 bits per heavy atom. The van der Waals surface area contributed by atoms with E-state index in [-0.39, 0.29) is 18.7 Å². The number of carboxylic acid groups (broad SMARTS) is 1. The Balaban J connectivity index is 1.86. The minimum Gasteiger partial charge on any atom is -0.497 e. The fraction of sp³-hybridized carbons (Fsp3) is 0.444. The molecule has 0 aliphatic heterocycles. The maximum atomic E-state index is 12.1. The average molecular weight is 361 g/mol. The molecule has 26 heavy (non-hydrogen) atoms. The minimum absolute atomic E-state index is 0.00214. The number of hydrogen-bond donors (Lipinski definition) is 2. The van der Waals surface area contributed by atoms with Crippen LogP contribution in [0.5, 0.6) is 5.75 Å². The Hall–Kier alpha value is -2.90. The maximum absolute atomic E-state index is 12.1. The minimum atomic E-state index is -0.885. The number of aryl methyl sites for hydroxylation is 1. The first kappa shape index (κ1) is 19.4. The first-order valence-corrected chi connectivity index (χ1v) is 8.29. The normalized spacial score (nSPS) is 11.2. The molecule has 0 unspecified atom stereocenters. The number of rotatable bonds is 9. The van der Waals surface area contributed by atoms with Crippen molar-refractivity contribution in [3.63, 3.8) is 0 Å². The molecule has 1 aromatic heterocycles. The third-order valence-electron chi connectivity index (χ3n) is 3.82. The highest BCUT2D eigenvalue weighted by Crippen LogP contribution is 2.20. The number of aliphatic carboxylic acids is 1. The van der Waals surface area contributed by atoms with Gasteiger partial charge in [0, 0.05) is 30.4 Å². The number of hydrogen-bond acceptors (Lipinski definition) is 6. The monoisotopic (exact) mass is 361 g/mol. The van der Waals surface area contributed by atoms with E-state index in [9.17, 15) is 9.59 Å². The van der Waals surface area contributed by atoms with Crippen LogP contribution in [0.15, 0.2) is 28.8 Å². The fourth-order valence-corrected chi connectivity index (χ4v) is 2.36. The van der Waals surface area contributed by atoms with Crippen molar-refractivity contribution >= 4 is 11.9 Å². The van der Waals surface area contributed by atoms with Crippen LogP contribution in [0.2, 0.25) is 0 Å². The largest absolute Gasteiger partial charge is 0.497 e. The lowest BCUT2D eigenvalue weighted by molar-refractivity contribution is -0.137. The molecule has 1 aromatic carbocycles. The summed E-state index contributed by atoms with van der Waals surface area (Å²) in [6.45, 7) is 3.59. The van der Waals surface area contributed by atoms with Crippen molar-refractivity contribution in [3.05, 3.63) is 30.2 Å². The van der Waals surface area contributed by atoms with Crippen LogP contribution in [0, 0.1) is 0 Å². The van der Waals surface area contributed by atoms with E-state index in [1.54, 1.807) is 33.1 Å². The quantitative estimate of drug-likeness (QED) is 0.705. The predicted molar refractivity (Wildman–Crippen MR) is 93.7 cm³/mol. The zero-order valence-corrected chi connectivity index (χ0v) is 15.1. The molecule has 2 aromatic rings. The third kappa shape index (κ3) is 5.87. The van der Waals surface area contributed by atoms with Crippen molar-refractivity contribution in [3.8, 4) is 17.1 Å². The van der Waals surface area contributed by atoms with Crippen molar-refractivity contribution in [2.45, 2.75) is 45.1 Å². The van der Waals surface area contributed by atoms with Crippen LogP contribution in [-0.2, 0) is 16.0 Å². The highest BCUT2D eigenvalue weighted by molar-refractivity contribution is 5.77. The number of carbonyl (C=O) groups excluding carboxylic acids is 1. The second kappa shape index (κ2) is 8.46. The summed E-state index contributed by atoms with van der Waals surface area (Å²) in [6.07, 6.45) is 0.850. The number of aromatic nitrogens is 2. The molecule has 8 nitrogen and oxygen atoms in total. The number of amides is 1. The molecular formula is C18H23N3O5. The SMILES string of the molecule is COc1ccc(-c2noc(CCC(=O)NC(C)(C)CCC(=O)O)n2)cc1. The van der Waals surface area contributed by atoms with E-state index in [4.69, 9.17) is 14.4 Å². The summed E-state index contributed by atoms with van der Waals surface area (Å²) >= 11 is 0. The molecule has 0 bridgehead atoms. The van der Waals surface area contributed by atoms with Gasteiger partial charge in [0.2, 0.25) is 17.6 Å². The molecule has 0 aliphatic rings. The van der Waals surface area contributed by atoms with Crippen LogP contribution in [0.3, 0.4) is 0 Å². The zero-order chi connectivity index (χ0) is 19.2. The molecule has 0 radical (unpaired) electrons. The summed E-state index contributed by atoms with van der Waals surface area (Å²) in [4.78, 5) is 27.0. The lowest BCUT2D eigenvalue weighted by atomic mass is 9.98. The molecule has 1 heterocycles. The second-order valence-electron chi connectivity index (χ2n) is 6.57. The molecule has 1 amide bonds. The highest BCUT2D eigenvalue weighted by atomic mass is 16.5. The Kier molecular flexibility index (Phi) is 6.32. The van der Waals surface area contributed by atoms with E-state index in [1.807, 2.05) is 12.1 Å². The van der Waals surface area contributed by atoms with E-state index >= 15 is 0 Å². The summed E-state index contributed by atoms with van der Waals surface area (Å²) in [5.41, 5.74) is 0.207. The molecule has 8 heteroatoms. The standard InChI is InChI=1S/C18H23N3O5/c1-18(2,11-10-16(23)24)20-14(22)8-9-15-19-17(21-26-15)12-4-6-13(25-3)7-5-12/h4-7H,8-11H2,1-3H3,(H,20,22)(H,23,24). The number of benzene rings is 1. The van der Waals surface area contributed by atoms with Gasteiger partial charge in [0.15, 0.2) is 0 Å². The predicted octanol–water partition coefficient (Wildman–Crippen LogP) is 2.44. The molecule has 0 saturated heterocycles. The van der Waals surface area contributed by atoms with Gasteiger partial charge >= 0.3 is 5.97 Å². The molecule has 140 valence electrons. The topological polar surface area (TPSA) is 115 Å². The van der Waals surface area contributed by atoms with E-state index in [2.05, 4.69) is 15.5 Å². The van der Waals surface area contributed by atoms with Crippen molar-refractivity contribution in [1.29, 1.82) is 0 Å². The van der Waals surface area contributed by atoms with E-state index in [0.29, 0.717) is 24.6 Å². The zero-order valence-electron chi connectivity index (χ0n) is 15.1. The van der Waals surface area contributed by atoms with Gasteiger partial charge < -0.3 is 19.7 Å². The Morgan fingerprint density at radius 2 is 1.92 bits per heavy atom. The summed E-state index contributed by atoms with van der Waals surface area (Å²) in [6, 6.07) is 7.26. The number of nitrogens with zero attached hydrogens (tertiary/aromatic N) is 2. The summed E-state index contributed by atoms with van der Waals surface area (Å²) in [7, 11) is 1.59. The maximum Gasteiger partial charge on any atom is 0.303 e. The van der Waals surface area contributed by atoms with Gasteiger partial charge in [0.25, 0.3) is 0 Å². The second-order valence-corrected chi connectivity index (χ2v) is 6.57. The Labute approximate surface area is 151 Å². The van der Waals surface area contributed by atoms with Crippen molar-refractivity contribution in [2.75, 3.05) is 7.11 Å². The Bertz CT molecular complexity index is 752. The van der Waals surface area contributed by atoms with Gasteiger partial charge in [-0.2, -0.15) is 4.98 Å². The van der Waals surface area contributed by atoms with Gasteiger partial charge in [-0.05, 0) is 44.5 Å². The fourth-order valence-electron chi connectivity index (χ4n) is 2.36. The van der Waals surface area contributed by atoms with Crippen LogP contribution in [-0.4, -0.2) is 39.8 Å². The van der Waals surface area contributed by atoms with Crippen LogP contribution in [0.4, 0.5) is 0 Å². The third-order valence-corrected chi connectivity index (χ3v) is 3.82. The Morgan fingerprint density at radius 1 is 1.23 bits per heavy atom. The van der Waals surface area contributed by atoms with E-state index < -0.39 is 11.5 Å². The van der Waals surface area contributed by atoms with Gasteiger partial charge in [0.1, 0.15) is 5.75 Å². The highest BCUT2D eigenvalue weighted by Gasteiger charge is 2.21. The van der Waals surface area contributed by atoms with Gasteiger partial charge in [0.05, 0.1) is 7.11 Å². The van der Waals surface area contributed by atoms with Gasteiger partial charge in [-0.15, -0.1) is 0 Å². The number of nitrogens with one attached hydrogen (secondary N) is 1. The first-order chi connectivity index (χ1) is 12.3. The van der Waals surface area contributed by atoms with Crippen molar-refractivity contribution in [1.82, 2.24) is 15.5 Å². The lowest BCUT2D eigenvalue weighted by Gasteiger charge is -2.25. The summed E-state index contributed by atoms with van der Waals surface area (Å²) in [5, 5.41) is 15.5. The van der Waals surface area contributed by atoms with E-state index in [1.165, 1.54) is 0 Å². The van der Waals surface area contributed by atoms with Gasteiger partial charge in [-0.3, -0.25) is 9.59 Å². The van der Waals surface area contributed by atoms with Gasteiger partial charge in [-0.1, -0.05) is 5.16 Å². The van der Waals surface area contributed by atoms with Crippen LogP contribution >= 0.6 is 0 Å². The van der Waals surface area contributed by atoms with Crippen LogP contribution < -0.4 is 10.1 Å². The molecule has 0 fully saturated rings. The average Bonchev–Trinajstić information content (AvgIpc) is 3.07. The number of methoxy groups -OCH3 is 1. The summed E-state index contributed by atoms with van der Waals surface area (Å²) in [5.74, 6) is 0.479. The lowest BCUT2D eigenvalue weighted by Crippen LogP contribution is -2.43. The first-order valence-electron chi connectivity index (χ1n) is 8.29. The molecule has 0 spiro atoms. The van der Waals surface area contributed by atoms with Crippen molar-refractivity contribution < 1.29 is 24.0 Å². The molecule has 0 atom stereocenters. The molecule has 0 aliphatic carbocycles.